The van der Waals surface area contributed by atoms with Crippen LogP contribution >= 0.6 is 11.6 Å². The number of hydrogen-bond donors (Lipinski definition) is 1. The molecular weight excluding hydrogens is 210 g/mol. The van der Waals surface area contributed by atoms with E-state index >= 15 is 0 Å². The van der Waals surface area contributed by atoms with Crippen molar-refractivity contribution in [3.05, 3.63) is 28.8 Å². The number of carbonyl (C=O) groups is 1. The molecule has 1 amide bonds. The monoisotopic (exact) mass is 223 g/mol. The van der Waals surface area contributed by atoms with Gasteiger partial charge >= 0.3 is 0 Å². The number of rotatable bonds is 2. The van der Waals surface area contributed by atoms with Crippen LogP contribution in [0.2, 0.25) is 5.02 Å². The van der Waals surface area contributed by atoms with Crippen molar-refractivity contribution in [1.29, 1.82) is 0 Å². The lowest BCUT2D eigenvalue weighted by Crippen LogP contribution is -2.28. The lowest BCUT2D eigenvalue weighted by molar-refractivity contribution is -0.122. The highest BCUT2D eigenvalue weighted by atomic mass is 35.5. The van der Waals surface area contributed by atoms with Crippen LogP contribution in [0.5, 0.6) is 0 Å². The molecule has 0 unspecified atom stereocenters. The second-order valence-electron chi connectivity index (χ2n) is 4.03. The fraction of sp³-hybridized carbons (Fsp3) is 0.417. The van der Waals surface area contributed by atoms with Crippen molar-refractivity contribution in [2.45, 2.75) is 26.2 Å². The molecule has 2 rings (SSSR count). The maximum atomic E-state index is 11.7. The Kier molecular flexibility index (Phi) is 2.96. The molecule has 15 heavy (non-hydrogen) atoms. The minimum atomic E-state index is 0.131. The summed E-state index contributed by atoms with van der Waals surface area (Å²) in [6, 6.07) is 5.57. The zero-order valence-electron chi connectivity index (χ0n) is 8.72. The molecule has 0 saturated heterocycles. The van der Waals surface area contributed by atoms with E-state index in [4.69, 9.17) is 11.6 Å². The van der Waals surface area contributed by atoms with Gasteiger partial charge in [-0.05, 0) is 37.5 Å². The Hall–Kier alpha value is -1.02. The predicted molar refractivity (Wildman–Crippen MR) is 62.2 cm³/mol. The summed E-state index contributed by atoms with van der Waals surface area (Å²) < 4.78 is 0. The summed E-state index contributed by atoms with van der Waals surface area (Å²) >= 11 is 5.97. The molecule has 1 aromatic rings. The van der Waals surface area contributed by atoms with Crippen LogP contribution < -0.4 is 5.32 Å². The van der Waals surface area contributed by atoms with Crippen LogP contribution in [0.3, 0.4) is 0 Å². The molecule has 3 heteroatoms. The smallest absolute Gasteiger partial charge is 0.227 e. The molecular formula is C12H14ClNO. The van der Waals surface area contributed by atoms with E-state index in [1.54, 1.807) is 0 Å². The third kappa shape index (κ3) is 2.15. The highest BCUT2D eigenvalue weighted by molar-refractivity contribution is 6.31. The first-order valence-electron chi connectivity index (χ1n) is 5.24. The minimum Gasteiger partial charge on any atom is -0.326 e. The average molecular weight is 224 g/mol. The van der Waals surface area contributed by atoms with Gasteiger partial charge in [0, 0.05) is 16.6 Å². The van der Waals surface area contributed by atoms with Crippen LogP contribution in [0, 0.1) is 12.8 Å². The summed E-state index contributed by atoms with van der Waals surface area (Å²) in [6.07, 6.45) is 3.21. The summed E-state index contributed by atoms with van der Waals surface area (Å²) in [5.41, 5.74) is 1.77. The van der Waals surface area contributed by atoms with Crippen LogP contribution in [0.1, 0.15) is 24.8 Å². The number of benzene rings is 1. The SMILES string of the molecule is Cc1c(Cl)cccc1NC(=O)C1CCC1. The van der Waals surface area contributed by atoms with Gasteiger partial charge in [0.25, 0.3) is 0 Å². The standard InChI is InChI=1S/C12H14ClNO/c1-8-10(13)6-3-7-11(8)14-12(15)9-4-2-5-9/h3,6-7,9H,2,4-5H2,1H3,(H,14,15). The molecule has 0 atom stereocenters. The van der Waals surface area contributed by atoms with E-state index in [2.05, 4.69) is 5.32 Å². The fourth-order valence-electron chi connectivity index (χ4n) is 1.65. The molecule has 1 aromatic carbocycles. The van der Waals surface area contributed by atoms with Gasteiger partial charge in [0.2, 0.25) is 5.91 Å². The molecule has 0 radical (unpaired) electrons. The highest BCUT2D eigenvalue weighted by Crippen LogP contribution is 2.29. The van der Waals surface area contributed by atoms with Gasteiger partial charge in [-0.2, -0.15) is 0 Å². The van der Waals surface area contributed by atoms with Crippen LogP contribution in [0.25, 0.3) is 0 Å². The van der Waals surface area contributed by atoms with Gasteiger partial charge in [-0.3, -0.25) is 4.79 Å². The predicted octanol–water partition coefficient (Wildman–Crippen LogP) is 3.39. The molecule has 1 aliphatic carbocycles. The Morgan fingerprint density at radius 3 is 2.80 bits per heavy atom. The van der Waals surface area contributed by atoms with E-state index in [1.807, 2.05) is 25.1 Å². The zero-order valence-corrected chi connectivity index (χ0v) is 9.47. The number of carbonyl (C=O) groups excluding carboxylic acids is 1. The number of halogens is 1. The number of hydrogen-bond acceptors (Lipinski definition) is 1. The van der Waals surface area contributed by atoms with E-state index in [9.17, 15) is 4.79 Å². The van der Waals surface area contributed by atoms with Crippen molar-refractivity contribution >= 4 is 23.2 Å². The van der Waals surface area contributed by atoms with Crippen LogP contribution in [-0.4, -0.2) is 5.91 Å². The van der Waals surface area contributed by atoms with E-state index in [1.165, 1.54) is 6.42 Å². The number of amides is 1. The average Bonchev–Trinajstić information content (AvgIpc) is 2.10. The minimum absolute atomic E-state index is 0.131. The molecule has 0 bridgehead atoms. The third-order valence-electron chi connectivity index (χ3n) is 3.00. The molecule has 0 spiro atoms. The van der Waals surface area contributed by atoms with Crippen LogP contribution in [-0.2, 0) is 4.79 Å². The van der Waals surface area contributed by atoms with Gasteiger partial charge < -0.3 is 5.32 Å². The molecule has 0 heterocycles. The topological polar surface area (TPSA) is 29.1 Å². The van der Waals surface area contributed by atoms with E-state index in [-0.39, 0.29) is 11.8 Å². The Bertz CT molecular complexity index is 385. The summed E-state index contributed by atoms with van der Waals surface area (Å²) in [4.78, 5) is 11.7. The largest absolute Gasteiger partial charge is 0.326 e. The summed E-state index contributed by atoms with van der Waals surface area (Å²) in [5.74, 6) is 0.343. The first kappa shape index (κ1) is 10.5. The second-order valence-corrected chi connectivity index (χ2v) is 4.44. The van der Waals surface area contributed by atoms with Gasteiger partial charge in [-0.1, -0.05) is 24.1 Å². The van der Waals surface area contributed by atoms with Crippen molar-refractivity contribution in [2.24, 2.45) is 5.92 Å². The maximum absolute atomic E-state index is 11.7. The fourth-order valence-corrected chi connectivity index (χ4v) is 1.82. The van der Waals surface area contributed by atoms with E-state index in [0.29, 0.717) is 5.02 Å². The number of nitrogens with one attached hydrogen (secondary N) is 1. The Morgan fingerprint density at radius 1 is 1.47 bits per heavy atom. The molecule has 0 aromatic heterocycles. The van der Waals surface area contributed by atoms with Gasteiger partial charge in [0.15, 0.2) is 0 Å². The van der Waals surface area contributed by atoms with Gasteiger partial charge in [0.1, 0.15) is 0 Å². The lowest BCUT2D eigenvalue weighted by Gasteiger charge is -2.24. The van der Waals surface area contributed by atoms with Gasteiger partial charge in [0.05, 0.1) is 0 Å². The van der Waals surface area contributed by atoms with Crippen molar-refractivity contribution < 1.29 is 4.79 Å². The Labute approximate surface area is 94.6 Å². The molecule has 0 aliphatic heterocycles. The first-order valence-corrected chi connectivity index (χ1v) is 5.62. The summed E-state index contributed by atoms with van der Waals surface area (Å²) in [6.45, 7) is 1.92. The molecule has 1 aliphatic rings. The lowest BCUT2D eigenvalue weighted by atomic mass is 9.85. The summed E-state index contributed by atoms with van der Waals surface area (Å²) in [5, 5.41) is 3.63. The second kappa shape index (κ2) is 4.23. The maximum Gasteiger partial charge on any atom is 0.227 e. The molecule has 1 saturated carbocycles. The first-order chi connectivity index (χ1) is 7.18. The van der Waals surface area contributed by atoms with Crippen molar-refractivity contribution in [3.63, 3.8) is 0 Å². The molecule has 80 valence electrons. The zero-order chi connectivity index (χ0) is 10.8. The third-order valence-corrected chi connectivity index (χ3v) is 3.41. The molecule has 2 nitrogen and oxygen atoms in total. The highest BCUT2D eigenvalue weighted by Gasteiger charge is 2.25. The van der Waals surface area contributed by atoms with Crippen molar-refractivity contribution in [1.82, 2.24) is 0 Å². The quantitative estimate of drug-likeness (QED) is 0.818. The van der Waals surface area contributed by atoms with E-state index < -0.39 is 0 Å². The molecule has 1 fully saturated rings. The summed E-state index contributed by atoms with van der Waals surface area (Å²) in [7, 11) is 0. The van der Waals surface area contributed by atoms with Crippen molar-refractivity contribution in [3.8, 4) is 0 Å². The number of anilines is 1. The van der Waals surface area contributed by atoms with Gasteiger partial charge in [-0.15, -0.1) is 0 Å². The molecule has 1 N–H and O–H groups in total. The Morgan fingerprint density at radius 2 is 2.20 bits per heavy atom. The van der Waals surface area contributed by atoms with Gasteiger partial charge in [-0.25, -0.2) is 0 Å². The van der Waals surface area contributed by atoms with Crippen LogP contribution in [0.4, 0.5) is 5.69 Å². The van der Waals surface area contributed by atoms with Crippen molar-refractivity contribution in [2.75, 3.05) is 5.32 Å². The van der Waals surface area contributed by atoms with E-state index in [0.717, 1.165) is 24.1 Å². The normalized spacial score (nSPS) is 15.9. The van der Waals surface area contributed by atoms with Crippen LogP contribution in [0.15, 0.2) is 18.2 Å². The Balaban J connectivity index is 2.09.